The Labute approximate surface area is 146 Å². The third-order valence-electron chi connectivity index (χ3n) is 4.14. The molecule has 0 N–H and O–H groups in total. The van der Waals surface area contributed by atoms with Crippen LogP contribution in [0, 0.1) is 23.0 Å². The van der Waals surface area contributed by atoms with E-state index in [0.717, 1.165) is 24.3 Å². The van der Waals surface area contributed by atoms with Gasteiger partial charge >= 0.3 is 6.18 Å². The van der Waals surface area contributed by atoms with E-state index in [1.807, 2.05) is 0 Å². The Hall–Kier alpha value is -2.66. The van der Waals surface area contributed by atoms with E-state index in [4.69, 9.17) is 10.00 Å². The summed E-state index contributed by atoms with van der Waals surface area (Å²) >= 11 is 0. The molecule has 2 aromatic carbocycles. The fourth-order valence-corrected chi connectivity index (χ4v) is 2.87. The maximum atomic E-state index is 14.2. The number of nitrogens with zero attached hydrogens (tertiary/aromatic N) is 2. The zero-order valence-electron chi connectivity index (χ0n) is 13.4. The minimum atomic E-state index is -4.44. The van der Waals surface area contributed by atoms with Gasteiger partial charge in [0.05, 0.1) is 23.8 Å². The Balaban J connectivity index is 1.83. The average Bonchev–Trinajstić information content (AvgIpc) is 2.60. The first-order valence-electron chi connectivity index (χ1n) is 7.72. The molecule has 0 amide bonds. The van der Waals surface area contributed by atoms with Crippen molar-refractivity contribution in [1.29, 1.82) is 5.26 Å². The summed E-state index contributed by atoms with van der Waals surface area (Å²) in [5.41, 5.74) is -0.698. The Morgan fingerprint density at radius 3 is 2.23 bits per heavy atom. The number of hydrogen-bond acceptors (Lipinski definition) is 3. The number of anilines is 1. The Kier molecular flexibility index (Phi) is 4.83. The van der Waals surface area contributed by atoms with Gasteiger partial charge in [0.2, 0.25) is 0 Å². The lowest BCUT2D eigenvalue weighted by atomic mass is 10.0. The number of morpholine rings is 1. The first-order valence-corrected chi connectivity index (χ1v) is 7.72. The van der Waals surface area contributed by atoms with Gasteiger partial charge in [0.25, 0.3) is 0 Å². The minimum Gasteiger partial charge on any atom is -0.370 e. The van der Waals surface area contributed by atoms with Crippen LogP contribution >= 0.6 is 0 Å². The quantitative estimate of drug-likeness (QED) is 0.736. The van der Waals surface area contributed by atoms with Gasteiger partial charge in [0.1, 0.15) is 11.8 Å². The number of halogens is 5. The van der Waals surface area contributed by atoms with E-state index in [1.165, 1.54) is 17.0 Å². The zero-order chi connectivity index (χ0) is 18.9. The Morgan fingerprint density at radius 2 is 1.69 bits per heavy atom. The van der Waals surface area contributed by atoms with Crippen molar-refractivity contribution >= 4 is 5.69 Å². The minimum absolute atomic E-state index is 0.0745. The molecular formula is C18H13F5N2O. The molecule has 3 nitrogen and oxygen atoms in total. The van der Waals surface area contributed by atoms with E-state index in [0.29, 0.717) is 5.56 Å². The van der Waals surface area contributed by atoms with Crippen LogP contribution in [0.3, 0.4) is 0 Å². The van der Waals surface area contributed by atoms with E-state index in [-0.39, 0.29) is 30.9 Å². The third kappa shape index (κ3) is 3.63. The van der Waals surface area contributed by atoms with Gasteiger partial charge in [-0.3, -0.25) is 0 Å². The first-order chi connectivity index (χ1) is 12.3. The first kappa shape index (κ1) is 18.1. The van der Waals surface area contributed by atoms with Crippen LogP contribution in [0.2, 0.25) is 0 Å². The highest BCUT2D eigenvalue weighted by Crippen LogP contribution is 2.33. The number of hydrogen-bond donors (Lipinski definition) is 0. The summed E-state index contributed by atoms with van der Waals surface area (Å²) in [4.78, 5) is 1.43. The van der Waals surface area contributed by atoms with Crippen LogP contribution in [0.5, 0.6) is 0 Å². The lowest BCUT2D eigenvalue weighted by Gasteiger charge is -2.35. The van der Waals surface area contributed by atoms with Gasteiger partial charge in [0.15, 0.2) is 11.6 Å². The van der Waals surface area contributed by atoms with Gasteiger partial charge in [-0.05, 0) is 29.8 Å². The van der Waals surface area contributed by atoms with Crippen molar-refractivity contribution in [2.75, 3.05) is 24.6 Å². The molecule has 1 heterocycles. The number of benzene rings is 2. The maximum Gasteiger partial charge on any atom is 0.416 e. The highest BCUT2D eigenvalue weighted by molar-refractivity contribution is 5.53. The van der Waals surface area contributed by atoms with Gasteiger partial charge in [-0.2, -0.15) is 18.4 Å². The summed E-state index contributed by atoms with van der Waals surface area (Å²) < 4.78 is 71.9. The molecule has 1 aliphatic rings. The predicted octanol–water partition coefficient (Wildman–Crippen LogP) is 4.43. The van der Waals surface area contributed by atoms with Crippen molar-refractivity contribution in [3.63, 3.8) is 0 Å². The number of ether oxygens (including phenoxy) is 1. The van der Waals surface area contributed by atoms with Crippen LogP contribution in [0.25, 0.3) is 0 Å². The molecule has 1 atom stereocenters. The number of nitriles is 1. The molecule has 1 saturated heterocycles. The second kappa shape index (κ2) is 6.92. The largest absolute Gasteiger partial charge is 0.416 e. The van der Waals surface area contributed by atoms with Gasteiger partial charge in [-0.15, -0.1) is 0 Å². The smallest absolute Gasteiger partial charge is 0.370 e. The lowest BCUT2D eigenvalue weighted by molar-refractivity contribution is -0.137. The van der Waals surface area contributed by atoms with Crippen molar-refractivity contribution in [2.24, 2.45) is 0 Å². The summed E-state index contributed by atoms with van der Waals surface area (Å²) in [7, 11) is 0. The summed E-state index contributed by atoms with van der Waals surface area (Å²) in [5, 5.41) is 8.76. The molecule has 0 spiro atoms. The molecule has 136 valence electrons. The molecule has 26 heavy (non-hydrogen) atoms. The molecule has 0 aromatic heterocycles. The Morgan fingerprint density at radius 1 is 1.08 bits per heavy atom. The summed E-state index contributed by atoms with van der Waals surface area (Å²) in [5.74, 6) is -1.73. The van der Waals surface area contributed by atoms with Crippen molar-refractivity contribution in [1.82, 2.24) is 0 Å². The summed E-state index contributed by atoms with van der Waals surface area (Å²) in [6.07, 6.45) is -5.06. The van der Waals surface area contributed by atoms with Crippen LogP contribution in [-0.4, -0.2) is 19.7 Å². The summed E-state index contributed by atoms with van der Waals surface area (Å²) in [6, 6.07) is 8.04. The van der Waals surface area contributed by atoms with Crippen LogP contribution in [0.1, 0.15) is 22.8 Å². The van der Waals surface area contributed by atoms with Crippen LogP contribution in [0.4, 0.5) is 27.6 Å². The van der Waals surface area contributed by atoms with Crippen LogP contribution in [0.15, 0.2) is 36.4 Å². The van der Waals surface area contributed by atoms with Gasteiger partial charge in [0, 0.05) is 13.1 Å². The molecule has 1 unspecified atom stereocenters. The molecule has 8 heteroatoms. The van der Waals surface area contributed by atoms with Crippen LogP contribution < -0.4 is 4.90 Å². The topological polar surface area (TPSA) is 36.3 Å². The fourth-order valence-electron chi connectivity index (χ4n) is 2.87. The van der Waals surface area contributed by atoms with Crippen molar-refractivity contribution in [3.05, 3.63) is 64.7 Å². The molecule has 0 saturated carbocycles. The lowest BCUT2D eigenvalue weighted by Crippen LogP contribution is -2.39. The SMILES string of the molecule is N#Cc1cc(F)c(N2CCOC(c3ccc(C(F)(F)F)cc3)C2)c(F)c1. The molecule has 1 fully saturated rings. The molecule has 3 rings (SSSR count). The standard InChI is InChI=1S/C18H13F5N2O/c19-14-7-11(9-24)8-15(20)17(14)25-5-6-26-16(10-25)12-1-3-13(4-2-12)18(21,22)23/h1-4,7-8,16H,5-6,10H2. The van der Waals surface area contributed by atoms with Crippen molar-refractivity contribution in [2.45, 2.75) is 12.3 Å². The maximum absolute atomic E-state index is 14.2. The van der Waals surface area contributed by atoms with Gasteiger partial charge in [-0.25, -0.2) is 8.78 Å². The van der Waals surface area contributed by atoms with E-state index >= 15 is 0 Å². The van der Waals surface area contributed by atoms with Crippen molar-refractivity contribution < 1.29 is 26.7 Å². The predicted molar refractivity (Wildman–Crippen MR) is 83.4 cm³/mol. The average molecular weight is 368 g/mol. The molecule has 0 bridgehead atoms. The van der Waals surface area contributed by atoms with Gasteiger partial charge in [-0.1, -0.05) is 12.1 Å². The number of rotatable bonds is 2. The van der Waals surface area contributed by atoms with Gasteiger partial charge < -0.3 is 9.64 Å². The molecule has 2 aromatic rings. The molecule has 0 aliphatic carbocycles. The highest BCUT2D eigenvalue weighted by Gasteiger charge is 2.31. The van der Waals surface area contributed by atoms with E-state index < -0.39 is 29.5 Å². The molecule has 1 aliphatic heterocycles. The highest BCUT2D eigenvalue weighted by atomic mass is 19.4. The zero-order valence-corrected chi connectivity index (χ0v) is 13.4. The number of alkyl halides is 3. The van der Waals surface area contributed by atoms with Crippen LogP contribution in [-0.2, 0) is 10.9 Å². The van der Waals surface area contributed by atoms with E-state index in [1.54, 1.807) is 6.07 Å². The fraction of sp³-hybridized carbons (Fsp3) is 0.278. The molecule has 0 radical (unpaired) electrons. The van der Waals surface area contributed by atoms with Crippen molar-refractivity contribution in [3.8, 4) is 6.07 Å². The monoisotopic (exact) mass is 368 g/mol. The normalized spacial score (nSPS) is 17.8. The molecular weight excluding hydrogens is 355 g/mol. The second-order valence-electron chi connectivity index (χ2n) is 5.83. The third-order valence-corrected chi connectivity index (χ3v) is 4.14. The van der Waals surface area contributed by atoms with E-state index in [2.05, 4.69) is 0 Å². The second-order valence-corrected chi connectivity index (χ2v) is 5.83. The van der Waals surface area contributed by atoms with E-state index in [9.17, 15) is 22.0 Å². The Bertz CT molecular complexity index is 819. The summed E-state index contributed by atoms with van der Waals surface area (Å²) in [6.45, 7) is 0.451.